The molecule has 1 fully saturated rings. The van der Waals surface area contributed by atoms with Crippen LogP contribution >= 0.6 is 24.0 Å². The fourth-order valence-electron chi connectivity index (χ4n) is 3.26. The summed E-state index contributed by atoms with van der Waals surface area (Å²) in [5.74, 6) is 2.30. The van der Waals surface area contributed by atoms with Gasteiger partial charge in [0.15, 0.2) is 5.96 Å². The van der Waals surface area contributed by atoms with Gasteiger partial charge in [0.25, 0.3) is 0 Å². The number of para-hydroxylation sites is 1. The molecule has 3 rings (SSSR count). The summed E-state index contributed by atoms with van der Waals surface area (Å²) in [7, 11) is 3.44. The number of hydrogen-bond acceptors (Lipinski definition) is 4. The molecular formula is C21H29IN4O2. The number of benzene rings is 1. The fourth-order valence-corrected chi connectivity index (χ4v) is 3.26. The van der Waals surface area contributed by atoms with Crippen molar-refractivity contribution in [3.8, 4) is 11.6 Å². The van der Waals surface area contributed by atoms with E-state index in [1.807, 2.05) is 36.4 Å². The van der Waals surface area contributed by atoms with Crippen LogP contribution in [0.1, 0.15) is 36.8 Å². The minimum absolute atomic E-state index is 0. The molecule has 28 heavy (non-hydrogen) atoms. The number of pyridine rings is 1. The fraction of sp³-hybridized carbons (Fsp3) is 0.429. The second kappa shape index (κ2) is 11.7. The Bertz CT molecular complexity index is 764. The zero-order chi connectivity index (χ0) is 18.9. The highest BCUT2D eigenvalue weighted by Gasteiger charge is 2.18. The lowest BCUT2D eigenvalue weighted by atomic mass is 10.2. The normalized spacial score (nSPS) is 14.3. The minimum atomic E-state index is 0. The monoisotopic (exact) mass is 496 g/mol. The molecule has 2 N–H and O–H groups in total. The smallest absolute Gasteiger partial charge is 0.218 e. The maximum absolute atomic E-state index is 6.10. The van der Waals surface area contributed by atoms with Crippen molar-refractivity contribution in [1.82, 2.24) is 15.6 Å². The van der Waals surface area contributed by atoms with Crippen LogP contribution in [0.25, 0.3) is 0 Å². The number of hydrogen-bond donors (Lipinski definition) is 2. The molecule has 7 heteroatoms. The standard InChI is InChI=1S/C21H28N4O2.HI/c1-22-21(24-14-16-8-3-6-12-19(16)26-2)25-15-17-9-7-13-23-20(17)27-18-10-4-5-11-18;/h3,6-9,12-13,18H,4-5,10-11,14-15H2,1-2H3,(H2,22,24,25);1H. The summed E-state index contributed by atoms with van der Waals surface area (Å²) in [6.07, 6.45) is 6.79. The molecule has 152 valence electrons. The molecule has 0 amide bonds. The molecule has 2 aromatic rings. The number of rotatable bonds is 7. The van der Waals surface area contributed by atoms with E-state index in [-0.39, 0.29) is 24.0 Å². The number of methoxy groups -OCH3 is 1. The Hall–Kier alpha value is -2.03. The number of aliphatic imine (C=N–C) groups is 1. The lowest BCUT2D eigenvalue weighted by molar-refractivity contribution is 0.199. The van der Waals surface area contributed by atoms with Gasteiger partial charge in [-0.05, 0) is 37.8 Å². The SMILES string of the molecule is CN=C(NCc1ccccc1OC)NCc1cccnc1OC1CCCC1.I. The average molecular weight is 496 g/mol. The van der Waals surface area contributed by atoms with E-state index in [0.717, 1.165) is 41.6 Å². The van der Waals surface area contributed by atoms with Gasteiger partial charge in [0.2, 0.25) is 5.88 Å². The van der Waals surface area contributed by atoms with Crippen LogP contribution in [0.4, 0.5) is 0 Å². The number of nitrogens with one attached hydrogen (secondary N) is 2. The molecule has 0 aliphatic heterocycles. The summed E-state index contributed by atoms with van der Waals surface area (Å²) in [5.41, 5.74) is 2.11. The van der Waals surface area contributed by atoms with Crippen molar-refractivity contribution in [2.45, 2.75) is 44.9 Å². The Labute approximate surface area is 184 Å². The topological polar surface area (TPSA) is 67.8 Å². The van der Waals surface area contributed by atoms with Crippen LogP contribution in [0.5, 0.6) is 11.6 Å². The van der Waals surface area contributed by atoms with Gasteiger partial charge in [-0.3, -0.25) is 4.99 Å². The highest BCUT2D eigenvalue weighted by molar-refractivity contribution is 14.0. The number of guanidine groups is 1. The van der Waals surface area contributed by atoms with Crippen molar-refractivity contribution in [2.75, 3.05) is 14.2 Å². The van der Waals surface area contributed by atoms with Gasteiger partial charge in [0.05, 0.1) is 7.11 Å². The maximum atomic E-state index is 6.10. The molecule has 1 saturated carbocycles. The van der Waals surface area contributed by atoms with Gasteiger partial charge >= 0.3 is 0 Å². The van der Waals surface area contributed by atoms with Gasteiger partial charge in [0.1, 0.15) is 11.9 Å². The summed E-state index contributed by atoms with van der Waals surface area (Å²) in [4.78, 5) is 8.72. The molecule has 0 unspecified atom stereocenters. The summed E-state index contributed by atoms with van der Waals surface area (Å²) in [6.45, 7) is 1.23. The number of ether oxygens (including phenoxy) is 2. The quantitative estimate of drug-likeness (QED) is 0.346. The predicted molar refractivity (Wildman–Crippen MR) is 123 cm³/mol. The van der Waals surface area contributed by atoms with E-state index in [0.29, 0.717) is 19.2 Å². The Morgan fingerprint density at radius 3 is 2.46 bits per heavy atom. The number of nitrogens with zero attached hydrogens (tertiary/aromatic N) is 2. The van der Waals surface area contributed by atoms with Crippen LogP contribution in [0.15, 0.2) is 47.6 Å². The van der Waals surface area contributed by atoms with Crippen molar-refractivity contribution in [2.24, 2.45) is 4.99 Å². The van der Waals surface area contributed by atoms with E-state index < -0.39 is 0 Å². The zero-order valence-electron chi connectivity index (χ0n) is 16.5. The molecule has 0 radical (unpaired) electrons. The molecule has 1 heterocycles. The van der Waals surface area contributed by atoms with Crippen molar-refractivity contribution in [3.05, 3.63) is 53.7 Å². The Balaban J connectivity index is 0.00000280. The largest absolute Gasteiger partial charge is 0.496 e. The Morgan fingerprint density at radius 1 is 1.07 bits per heavy atom. The lowest BCUT2D eigenvalue weighted by Crippen LogP contribution is -2.36. The second-order valence-corrected chi connectivity index (χ2v) is 6.58. The van der Waals surface area contributed by atoms with Crippen LogP contribution in [-0.4, -0.2) is 31.2 Å². The first-order chi connectivity index (χ1) is 13.3. The zero-order valence-corrected chi connectivity index (χ0v) is 18.8. The van der Waals surface area contributed by atoms with E-state index in [9.17, 15) is 0 Å². The predicted octanol–water partition coefficient (Wildman–Crippen LogP) is 3.89. The molecule has 0 bridgehead atoms. The lowest BCUT2D eigenvalue weighted by Gasteiger charge is -2.17. The summed E-state index contributed by atoms with van der Waals surface area (Å²) < 4.78 is 11.5. The first-order valence-electron chi connectivity index (χ1n) is 9.47. The summed E-state index contributed by atoms with van der Waals surface area (Å²) >= 11 is 0. The molecular weight excluding hydrogens is 467 g/mol. The van der Waals surface area contributed by atoms with Gasteiger partial charge in [-0.1, -0.05) is 24.3 Å². The van der Waals surface area contributed by atoms with Crippen molar-refractivity contribution >= 4 is 29.9 Å². The molecule has 1 aliphatic rings. The van der Waals surface area contributed by atoms with Crippen molar-refractivity contribution in [3.63, 3.8) is 0 Å². The van der Waals surface area contributed by atoms with Gasteiger partial charge in [-0.25, -0.2) is 4.98 Å². The third kappa shape index (κ3) is 6.25. The second-order valence-electron chi connectivity index (χ2n) is 6.58. The first-order valence-corrected chi connectivity index (χ1v) is 9.47. The molecule has 6 nitrogen and oxygen atoms in total. The average Bonchev–Trinajstić information content (AvgIpc) is 3.22. The molecule has 1 aliphatic carbocycles. The molecule has 1 aromatic carbocycles. The van der Waals surface area contributed by atoms with Crippen molar-refractivity contribution < 1.29 is 9.47 Å². The van der Waals surface area contributed by atoms with E-state index in [1.54, 1.807) is 20.4 Å². The third-order valence-corrected chi connectivity index (χ3v) is 4.74. The molecule has 1 aromatic heterocycles. The summed E-state index contributed by atoms with van der Waals surface area (Å²) in [5, 5.41) is 6.66. The summed E-state index contributed by atoms with van der Waals surface area (Å²) in [6, 6.07) is 11.9. The van der Waals surface area contributed by atoms with Crippen LogP contribution < -0.4 is 20.1 Å². The highest BCUT2D eigenvalue weighted by Crippen LogP contribution is 2.25. The van der Waals surface area contributed by atoms with Crippen LogP contribution in [-0.2, 0) is 13.1 Å². The maximum Gasteiger partial charge on any atom is 0.218 e. The van der Waals surface area contributed by atoms with Crippen LogP contribution in [0.2, 0.25) is 0 Å². The van der Waals surface area contributed by atoms with Gasteiger partial charge in [-0.2, -0.15) is 0 Å². The number of halogens is 1. The molecule has 0 spiro atoms. The van der Waals surface area contributed by atoms with Crippen LogP contribution in [0.3, 0.4) is 0 Å². The van der Waals surface area contributed by atoms with E-state index in [2.05, 4.69) is 20.6 Å². The molecule has 0 saturated heterocycles. The van der Waals surface area contributed by atoms with E-state index in [4.69, 9.17) is 9.47 Å². The molecule has 0 atom stereocenters. The first kappa shape index (κ1) is 22.3. The minimum Gasteiger partial charge on any atom is -0.496 e. The van der Waals surface area contributed by atoms with Gasteiger partial charge in [-0.15, -0.1) is 24.0 Å². The highest BCUT2D eigenvalue weighted by atomic mass is 127. The number of aromatic nitrogens is 1. The van der Waals surface area contributed by atoms with Gasteiger partial charge in [0, 0.05) is 37.5 Å². The van der Waals surface area contributed by atoms with Crippen LogP contribution in [0, 0.1) is 0 Å². The van der Waals surface area contributed by atoms with E-state index >= 15 is 0 Å². The third-order valence-electron chi connectivity index (χ3n) is 4.74. The van der Waals surface area contributed by atoms with E-state index in [1.165, 1.54) is 12.8 Å². The van der Waals surface area contributed by atoms with Crippen molar-refractivity contribution in [1.29, 1.82) is 0 Å². The Morgan fingerprint density at radius 2 is 1.75 bits per heavy atom. The van der Waals surface area contributed by atoms with Gasteiger partial charge < -0.3 is 20.1 Å². The Kier molecular flexibility index (Phi) is 9.33.